The van der Waals surface area contributed by atoms with Gasteiger partial charge in [0.1, 0.15) is 0 Å². The first-order valence-corrected chi connectivity index (χ1v) is 11.4. The lowest BCUT2D eigenvalue weighted by molar-refractivity contribution is -0.121. The number of nitrogens with zero attached hydrogens (tertiary/aromatic N) is 1. The van der Waals surface area contributed by atoms with Crippen LogP contribution in [0, 0.1) is 0 Å². The van der Waals surface area contributed by atoms with Gasteiger partial charge in [-0.15, -0.1) is 23.1 Å². The molecule has 0 bridgehead atoms. The summed E-state index contributed by atoms with van der Waals surface area (Å²) in [7, 11) is 0. The van der Waals surface area contributed by atoms with Gasteiger partial charge in [0, 0.05) is 28.7 Å². The van der Waals surface area contributed by atoms with Crippen LogP contribution in [0.15, 0.2) is 77.1 Å². The molecule has 0 spiro atoms. The molecular formula is C23H17N3O3S2. The number of thiophene rings is 1. The third kappa shape index (κ3) is 3.87. The summed E-state index contributed by atoms with van der Waals surface area (Å²) in [5.74, 6) is -0.611. The van der Waals surface area contributed by atoms with E-state index in [1.807, 2.05) is 54.0 Å². The molecule has 0 aliphatic carbocycles. The Morgan fingerprint density at radius 3 is 2.84 bits per heavy atom. The van der Waals surface area contributed by atoms with E-state index >= 15 is 0 Å². The zero-order valence-corrected chi connectivity index (χ0v) is 17.8. The number of thioether (sulfide) groups is 1. The fraction of sp³-hybridized carbons (Fsp3) is 0.0870. The smallest absolute Gasteiger partial charge is 0.265 e. The van der Waals surface area contributed by atoms with Gasteiger partial charge in [0.05, 0.1) is 15.8 Å². The Morgan fingerprint density at radius 1 is 1.10 bits per heavy atom. The number of hydrogen-bond acceptors (Lipinski definition) is 5. The van der Waals surface area contributed by atoms with Crippen molar-refractivity contribution in [2.24, 2.45) is 0 Å². The number of aromatic amines is 1. The van der Waals surface area contributed by atoms with Crippen molar-refractivity contribution in [3.05, 3.63) is 77.1 Å². The van der Waals surface area contributed by atoms with Crippen LogP contribution in [-0.2, 0) is 9.59 Å². The number of nitrogens with one attached hydrogen (secondary N) is 2. The van der Waals surface area contributed by atoms with Crippen molar-refractivity contribution < 1.29 is 14.4 Å². The fourth-order valence-corrected chi connectivity index (χ4v) is 5.29. The van der Waals surface area contributed by atoms with Crippen LogP contribution in [0.1, 0.15) is 16.1 Å². The molecule has 0 saturated carbocycles. The standard InChI is InChI=1S/C23H17N3O3S2/c27-21-13-20(23(29)26(21)16-7-6-14-8-9-24-18(14)12-16)31-17-4-1-3-15(11-17)25-22(28)19-5-2-10-30-19/h1-12,20,24H,13H2,(H,25,28). The summed E-state index contributed by atoms with van der Waals surface area (Å²) in [5.41, 5.74) is 2.10. The highest BCUT2D eigenvalue weighted by molar-refractivity contribution is 8.00. The van der Waals surface area contributed by atoms with Crippen molar-refractivity contribution in [2.75, 3.05) is 10.2 Å². The number of fused-ring (bicyclic) bond motifs is 1. The normalized spacial score (nSPS) is 16.3. The lowest BCUT2D eigenvalue weighted by atomic mass is 10.2. The van der Waals surface area contributed by atoms with E-state index in [2.05, 4.69) is 10.3 Å². The Bertz CT molecular complexity index is 1300. The van der Waals surface area contributed by atoms with E-state index in [0.717, 1.165) is 15.8 Å². The van der Waals surface area contributed by atoms with E-state index in [0.29, 0.717) is 16.3 Å². The average molecular weight is 448 g/mol. The summed E-state index contributed by atoms with van der Waals surface area (Å²) >= 11 is 2.71. The van der Waals surface area contributed by atoms with E-state index in [1.54, 1.807) is 18.2 Å². The van der Waals surface area contributed by atoms with Gasteiger partial charge in [-0.05, 0) is 53.2 Å². The summed E-state index contributed by atoms with van der Waals surface area (Å²) in [6.07, 6.45) is 1.96. The van der Waals surface area contributed by atoms with E-state index in [-0.39, 0.29) is 24.1 Å². The third-order valence-electron chi connectivity index (χ3n) is 5.02. The van der Waals surface area contributed by atoms with Crippen LogP contribution in [0.5, 0.6) is 0 Å². The van der Waals surface area contributed by atoms with Crippen LogP contribution in [-0.4, -0.2) is 28.0 Å². The molecule has 1 atom stereocenters. The quantitative estimate of drug-likeness (QED) is 0.426. The van der Waals surface area contributed by atoms with Crippen molar-refractivity contribution in [1.82, 2.24) is 4.98 Å². The predicted molar refractivity (Wildman–Crippen MR) is 124 cm³/mol. The van der Waals surface area contributed by atoms with Crippen molar-refractivity contribution in [1.29, 1.82) is 0 Å². The highest BCUT2D eigenvalue weighted by Crippen LogP contribution is 2.35. The van der Waals surface area contributed by atoms with Gasteiger partial charge in [-0.3, -0.25) is 14.4 Å². The van der Waals surface area contributed by atoms with Gasteiger partial charge in [0.25, 0.3) is 5.91 Å². The Kier molecular flexibility index (Phi) is 5.09. The summed E-state index contributed by atoms with van der Waals surface area (Å²) in [5, 5.41) is 5.24. The molecule has 2 aromatic heterocycles. The van der Waals surface area contributed by atoms with Gasteiger partial charge in [0.15, 0.2) is 0 Å². The number of carbonyl (C=O) groups is 3. The molecule has 6 nitrogen and oxygen atoms in total. The molecule has 3 amide bonds. The lowest BCUT2D eigenvalue weighted by Gasteiger charge is -2.15. The topological polar surface area (TPSA) is 82.3 Å². The maximum atomic E-state index is 13.0. The molecule has 5 rings (SSSR count). The maximum Gasteiger partial charge on any atom is 0.265 e. The first kappa shape index (κ1) is 19.6. The number of hydrogen-bond donors (Lipinski definition) is 2. The SMILES string of the molecule is O=C(Nc1cccc(SC2CC(=O)N(c3ccc4cc[nH]c4c3)C2=O)c1)c1cccs1. The van der Waals surface area contributed by atoms with Crippen LogP contribution in [0.25, 0.3) is 10.9 Å². The summed E-state index contributed by atoms with van der Waals surface area (Å²) < 4.78 is 0. The first-order chi connectivity index (χ1) is 15.1. The second-order valence-electron chi connectivity index (χ2n) is 7.09. The minimum Gasteiger partial charge on any atom is -0.361 e. The van der Waals surface area contributed by atoms with Crippen LogP contribution in [0.2, 0.25) is 0 Å². The molecule has 1 unspecified atom stereocenters. The van der Waals surface area contributed by atoms with E-state index in [4.69, 9.17) is 0 Å². The minimum atomic E-state index is -0.505. The second kappa shape index (κ2) is 8.05. The lowest BCUT2D eigenvalue weighted by Crippen LogP contribution is -2.31. The van der Waals surface area contributed by atoms with Crippen molar-refractivity contribution in [2.45, 2.75) is 16.6 Å². The Hall–Kier alpha value is -3.36. The van der Waals surface area contributed by atoms with E-state index < -0.39 is 5.25 Å². The van der Waals surface area contributed by atoms with Crippen molar-refractivity contribution in [3.63, 3.8) is 0 Å². The molecule has 1 aliphatic heterocycles. The average Bonchev–Trinajstić information content (AvgIpc) is 3.49. The van der Waals surface area contributed by atoms with Crippen molar-refractivity contribution >= 4 is 63.1 Å². The molecule has 2 N–H and O–H groups in total. The molecule has 154 valence electrons. The molecule has 1 saturated heterocycles. The van der Waals surface area contributed by atoms with Crippen LogP contribution < -0.4 is 10.2 Å². The minimum absolute atomic E-state index is 0.137. The van der Waals surface area contributed by atoms with Crippen LogP contribution in [0.4, 0.5) is 11.4 Å². The maximum absolute atomic E-state index is 13.0. The van der Waals surface area contributed by atoms with Gasteiger partial charge in [-0.1, -0.05) is 18.2 Å². The van der Waals surface area contributed by atoms with Gasteiger partial charge in [0.2, 0.25) is 11.8 Å². The molecule has 2 aromatic carbocycles. The highest BCUT2D eigenvalue weighted by Gasteiger charge is 2.40. The summed E-state index contributed by atoms with van der Waals surface area (Å²) in [6.45, 7) is 0. The number of carbonyl (C=O) groups excluding carboxylic acids is 3. The fourth-order valence-electron chi connectivity index (χ4n) is 3.55. The highest BCUT2D eigenvalue weighted by atomic mass is 32.2. The largest absolute Gasteiger partial charge is 0.361 e. The number of anilines is 2. The number of benzene rings is 2. The molecule has 4 aromatic rings. The van der Waals surface area contributed by atoms with Gasteiger partial charge < -0.3 is 10.3 Å². The second-order valence-corrected chi connectivity index (χ2v) is 9.31. The number of aromatic nitrogens is 1. The Morgan fingerprint density at radius 2 is 2.00 bits per heavy atom. The summed E-state index contributed by atoms with van der Waals surface area (Å²) in [6, 6.07) is 18.3. The van der Waals surface area contributed by atoms with Crippen LogP contribution >= 0.6 is 23.1 Å². The Labute approximate surface area is 186 Å². The molecule has 1 aliphatic rings. The zero-order valence-electron chi connectivity index (χ0n) is 16.2. The molecule has 3 heterocycles. The molecule has 31 heavy (non-hydrogen) atoms. The molecule has 1 fully saturated rings. The number of amides is 3. The number of rotatable bonds is 5. The van der Waals surface area contributed by atoms with Gasteiger partial charge in [-0.25, -0.2) is 4.90 Å². The number of imide groups is 1. The van der Waals surface area contributed by atoms with E-state index in [1.165, 1.54) is 28.0 Å². The molecule has 0 radical (unpaired) electrons. The van der Waals surface area contributed by atoms with Gasteiger partial charge >= 0.3 is 0 Å². The van der Waals surface area contributed by atoms with Crippen molar-refractivity contribution in [3.8, 4) is 0 Å². The first-order valence-electron chi connectivity index (χ1n) is 9.64. The van der Waals surface area contributed by atoms with Crippen LogP contribution in [0.3, 0.4) is 0 Å². The summed E-state index contributed by atoms with van der Waals surface area (Å²) in [4.78, 5) is 43.8. The predicted octanol–water partition coefficient (Wildman–Crippen LogP) is 4.91. The Balaban J connectivity index is 1.32. The monoisotopic (exact) mass is 447 g/mol. The molecular weight excluding hydrogens is 430 g/mol. The zero-order chi connectivity index (χ0) is 21.4. The number of H-pyrrole nitrogens is 1. The third-order valence-corrected chi connectivity index (χ3v) is 7.06. The van der Waals surface area contributed by atoms with Gasteiger partial charge in [-0.2, -0.15) is 0 Å². The molecule has 8 heteroatoms. The van der Waals surface area contributed by atoms with E-state index in [9.17, 15) is 14.4 Å².